The molecule has 0 fully saturated rings. The van der Waals surface area contributed by atoms with Gasteiger partial charge in [-0.3, -0.25) is 9.59 Å². The third kappa shape index (κ3) is 4.49. The number of nitrogens with one attached hydrogen (secondary N) is 1. The maximum absolute atomic E-state index is 13.9. The molecular weight excluding hydrogens is 464 g/mol. The second kappa shape index (κ2) is 10.1. The number of carbonyl (C=O) groups excluding carboxylic acids is 3. The lowest BCUT2D eigenvalue weighted by Gasteiger charge is -2.44. The van der Waals surface area contributed by atoms with E-state index in [1.807, 2.05) is 30.3 Å². The highest BCUT2D eigenvalue weighted by Gasteiger charge is 2.49. The Balaban J connectivity index is 1.75. The van der Waals surface area contributed by atoms with Crippen LogP contribution in [0.4, 0.5) is 0 Å². The van der Waals surface area contributed by atoms with Gasteiger partial charge in [-0.1, -0.05) is 30.3 Å². The molecule has 0 aliphatic carbocycles. The van der Waals surface area contributed by atoms with Crippen molar-refractivity contribution in [3.63, 3.8) is 0 Å². The molecule has 188 valence electrons. The molecule has 2 aromatic carbocycles. The van der Waals surface area contributed by atoms with Crippen molar-refractivity contribution in [1.82, 2.24) is 19.8 Å². The fourth-order valence-corrected chi connectivity index (χ4v) is 4.33. The number of methoxy groups -OCH3 is 3. The normalized spacial score (nSPS) is 16.8. The van der Waals surface area contributed by atoms with Gasteiger partial charge in [-0.25, -0.2) is 9.78 Å². The Labute approximate surface area is 208 Å². The molecule has 36 heavy (non-hydrogen) atoms. The lowest BCUT2D eigenvalue weighted by molar-refractivity contribution is -0.133. The van der Waals surface area contributed by atoms with Gasteiger partial charge in [0.1, 0.15) is 22.7 Å². The van der Waals surface area contributed by atoms with Crippen molar-refractivity contribution in [2.24, 2.45) is 0 Å². The van der Waals surface area contributed by atoms with Gasteiger partial charge in [0.2, 0.25) is 5.91 Å². The van der Waals surface area contributed by atoms with Crippen molar-refractivity contribution in [3.05, 3.63) is 77.4 Å². The lowest BCUT2D eigenvalue weighted by Crippen LogP contribution is -2.63. The molecule has 0 saturated heterocycles. The summed E-state index contributed by atoms with van der Waals surface area (Å²) in [5.41, 5.74) is 0.226. The van der Waals surface area contributed by atoms with E-state index in [1.165, 1.54) is 30.0 Å². The fourth-order valence-electron chi connectivity index (χ4n) is 4.33. The summed E-state index contributed by atoms with van der Waals surface area (Å²) < 4.78 is 17.2. The minimum Gasteiger partial charge on any atom is -0.497 e. The third-order valence-electron chi connectivity index (χ3n) is 6.34. The predicted octanol–water partition coefficient (Wildman–Crippen LogP) is 2.42. The van der Waals surface area contributed by atoms with Gasteiger partial charge in [0.15, 0.2) is 5.69 Å². The smallest absolute Gasteiger partial charge is 0.359 e. The number of hydrogen-bond acceptors (Lipinski definition) is 7. The van der Waals surface area contributed by atoms with Gasteiger partial charge in [-0.05, 0) is 30.7 Å². The molecule has 3 aromatic rings. The van der Waals surface area contributed by atoms with Crippen LogP contribution < -0.4 is 14.8 Å². The van der Waals surface area contributed by atoms with E-state index in [1.54, 1.807) is 32.2 Å². The van der Waals surface area contributed by atoms with Crippen LogP contribution in [0.15, 0.2) is 54.9 Å². The van der Waals surface area contributed by atoms with Gasteiger partial charge in [0.05, 0.1) is 40.7 Å². The fraction of sp³-hybridized carbons (Fsp3) is 0.308. The minimum atomic E-state index is -1.30. The van der Waals surface area contributed by atoms with Crippen LogP contribution in [-0.2, 0) is 29.2 Å². The first-order valence-corrected chi connectivity index (χ1v) is 11.3. The van der Waals surface area contributed by atoms with Crippen LogP contribution in [0, 0.1) is 0 Å². The van der Waals surface area contributed by atoms with Crippen molar-refractivity contribution < 1.29 is 28.6 Å². The molecule has 0 unspecified atom stereocenters. The molecular formula is C26H28N4O6. The zero-order chi connectivity index (χ0) is 25.9. The summed E-state index contributed by atoms with van der Waals surface area (Å²) in [7, 11) is 4.29. The molecule has 4 rings (SSSR count). The minimum absolute atomic E-state index is 0.0280. The summed E-state index contributed by atoms with van der Waals surface area (Å²) in [5.74, 6) is -0.497. The van der Waals surface area contributed by atoms with Gasteiger partial charge in [0, 0.05) is 12.1 Å². The maximum atomic E-state index is 13.9. The van der Waals surface area contributed by atoms with Crippen LogP contribution >= 0.6 is 0 Å². The number of carbonyl (C=O) groups is 3. The van der Waals surface area contributed by atoms with E-state index in [0.29, 0.717) is 23.6 Å². The van der Waals surface area contributed by atoms with Gasteiger partial charge in [0.25, 0.3) is 5.91 Å². The summed E-state index contributed by atoms with van der Waals surface area (Å²) in [4.78, 5) is 45.4. The molecule has 1 aliphatic rings. The van der Waals surface area contributed by atoms with Crippen LogP contribution in [-0.4, -0.2) is 59.1 Å². The van der Waals surface area contributed by atoms with E-state index in [2.05, 4.69) is 10.3 Å². The summed E-state index contributed by atoms with van der Waals surface area (Å²) in [5, 5.41) is 2.95. The number of amides is 2. The zero-order valence-electron chi connectivity index (χ0n) is 20.6. The van der Waals surface area contributed by atoms with E-state index in [9.17, 15) is 14.4 Å². The van der Waals surface area contributed by atoms with Gasteiger partial charge >= 0.3 is 5.97 Å². The number of ether oxygens (including phenoxy) is 3. The Kier molecular flexibility index (Phi) is 6.96. The summed E-state index contributed by atoms with van der Waals surface area (Å²) in [6.45, 7) is 2.10. The summed E-state index contributed by atoms with van der Waals surface area (Å²) >= 11 is 0. The Morgan fingerprint density at radius 2 is 1.83 bits per heavy atom. The Morgan fingerprint density at radius 3 is 2.50 bits per heavy atom. The van der Waals surface area contributed by atoms with E-state index in [4.69, 9.17) is 14.2 Å². The molecule has 0 radical (unpaired) electrons. The lowest BCUT2D eigenvalue weighted by atomic mass is 9.93. The number of benzene rings is 2. The standard InChI is InChI=1S/C26H28N4O6/c1-26(25(33)27-13-17-8-6-5-7-9-17)15-29-16-28-21(24(32)36-4)22(29)23(31)30(26)14-18-12-19(34-2)10-11-20(18)35-3/h5-12,16H,13-15H2,1-4H3,(H,27,33)/t26-/m0/s1. The summed E-state index contributed by atoms with van der Waals surface area (Å²) in [6.07, 6.45) is 1.38. The number of aromatic nitrogens is 2. The first-order chi connectivity index (χ1) is 17.3. The average Bonchev–Trinajstić information content (AvgIpc) is 3.33. The largest absolute Gasteiger partial charge is 0.497 e. The number of nitrogens with zero attached hydrogens (tertiary/aromatic N) is 3. The van der Waals surface area contributed by atoms with Crippen molar-refractivity contribution >= 4 is 17.8 Å². The Hall–Kier alpha value is -4.34. The molecule has 1 atom stereocenters. The van der Waals surface area contributed by atoms with Gasteiger partial charge < -0.3 is 29.0 Å². The number of fused-ring (bicyclic) bond motifs is 1. The van der Waals surface area contributed by atoms with Crippen molar-refractivity contribution in [3.8, 4) is 11.5 Å². The number of hydrogen-bond donors (Lipinski definition) is 1. The van der Waals surface area contributed by atoms with Crippen LogP contribution in [0.25, 0.3) is 0 Å². The van der Waals surface area contributed by atoms with Crippen LogP contribution in [0.5, 0.6) is 11.5 Å². The summed E-state index contributed by atoms with van der Waals surface area (Å²) in [6, 6.07) is 14.7. The molecule has 1 N–H and O–H groups in total. The van der Waals surface area contributed by atoms with E-state index in [-0.39, 0.29) is 30.4 Å². The van der Waals surface area contributed by atoms with E-state index in [0.717, 1.165) is 5.56 Å². The van der Waals surface area contributed by atoms with Crippen molar-refractivity contribution in [2.45, 2.75) is 32.1 Å². The molecule has 10 heteroatoms. The van der Waals surface area contributed by atoms with E-state index < -0.39 is 17.4 Å². The predicted molar refractivity (Wildman–Crippen MR) is 130 cm³/mol. The Bertz CT molecular complexity index is 1290. The monoisotopic (exact) mass is 492 g/mol. The number of imidazole rings is 1. The molecule has 0 saturated carbocycles. The quantitative estimate of drug-likeness (QED) is 0.481. The van der Waals surface area contributed by atoms with Gasteiger partial charge in [-0.15, -0.1) is 0 Å². The highest BCUT2D eigenvalue weighted by molar-refractivity contribution is 6.06. The molecule has 2 heterocycles. The highest BCUT2D eigenvalue weighted by Crippen LogP contribution is 2.34. The first-order valence-electron chi connectivity index (χ1n) is 11.3. The second-order valence-electron chi connectivity index (χ2n) is 8.57. The third-order valence-corrected chi connectivity index (χ3v) is 6.34. The molecule has 1 aliphatic heterocycles. The number of rotatable bonds is 8. The van der Waals surface area contributed by atoms with Crippen LogP contribution in [0.3, 0.4) is 0 Å². The Morgan fingerprint density at radius 1 is 1.08 bits per heavy atom. The molecule has 2 amide bonds. The van der Waals surface area contributed by atoms with Crippen molar-refractivity contribution in [2.75, 3.05) is 21.3 Å². The van der Waals surface area contributed by atoms with Crippen LogP contribution in [0.1, 0.15) is 39.0 Å². The molecule has 0 bridgehead atoms. The van der Waals surface area contributed by atoms with Gasteiger partial charge in [-0.2, -0.15) is 0 Å². The molecule has 0 spiro atoms. The average molecular weight is 493 g/mol. The highest BCUT2D eigenvalue weighted by atomic mass is 16.5. The molecule has 1 aromatic heterocycles. The number of esters is 1. The van der Waals surface area contributed by atoms with Crippen LogP contribution in [0.2, 0.25) is 0 Å². The second-order valence-corrected chi connectivity index (χ2v) is 8.57. The topological polar surface area (TPSA) is 112 Å². The van der Waals surface area contributed by atoms with E-state index >= 15 is 0 Å². The maximum Gasteiger partial charge on any atom is 0.359 e. The molecule has 10 nitrogen and oxygen atoms in total. The zero-order valence-corrected chi connectivity index (χ0v) is 20.6. The SMILES string of the molecule is COC(=O)c1ncn2c1C(=O)N(Cc1cc(OC)ccc1OC)[C@](C)(C(=O)NCc1ccccc1)C2. The van der Waals surface area contributed by atoms with Crippen molar-refractivity contribution in [1.29, 1.82) is 0 Å². The first kappa shape index (κ1) is 24.8.